The van der Waals surface area contributed by atoms with E-state index in [4.69, 9.17) is 13.9 Å². The second-order valence-electron chi connectivity index (χ2n) is 6.42. The van der Waals surface area contributed by atoms with Crippen LogP contribution in [0.25, 0.3) is 11.0 Å². The van der Waals surface area contributed by atoms with E-state index >= 15 is 0 Å². The summed E-state index contributed by atoms with van der Waals surface area (Å²) in [5.41, 5.74) is 1.26. The van der Waals surface area contributed by atoms with Crippen molar-refractivity contribution in [3.63, 3.8) is 0 Å². The van der Waals surface area contributed by atoms with Crippen LogP contribution in [0.5, 0.6) is 5.75 Å². The number of benzene rings is 1. The molecule has 0 saturated heterocycles. The molecule has 0 aliphatic heterocycles. The van der Waals surface area contributed by atoms with Crippen molar-refractivity contribution in [2.24, 2.45) is 5.92 Å². The zero-order valence-corrected chi connectivity index (χ0v) is 14.8. The number of amides is 1. The highest BCUT2D eigenvalue weighted by atomic mass is 16.5. The van der Waals surface area contributed by atoms with Crippen molar-refractivity contribution >= 4 is 22.8 Å². The van der Waals surface area contributed by atoms with Gasteiger partial charge in [-0.05, 0) is 57.7 Å². The van der Waals surface area contributed by atoms with Crippen LogP contribution in [0.4, 0.5) is 0 Å². The van der Waals surface area contributed by atoms with Gasteiger partial charge in [0, 0.05) is 17.0 Å². The van der Waals surface area contributed by atoms with Gasteiger partial charge in [0.2, 0.25) is 5.76 Å². The van der Waals surface area contributed by atoms with Crippen LogP contribution in [0.1, 0.15) is 42.8 Å². The summed E-state index contributed by atoms with van der Waals surface area (Å²) in [5.74, 6) is 0.455. The summed E-state index contributed by atoms with van der Waals surface area (Å²) in [4.78, 5) is 24.1. The van der Waals surface area contributed by atoms with E-state index in [9.17, 15) is 9.59 Å². The molecule has 6 heteroatoms. The van der Waals surface area contributed by atoms with Gasteiger partial charge in [-0.15, -0.1) is 0 Å². The van der Waals surface area contributed by atoms with Gasteiger partial charge in [0.05, 0.1) is 6.61 Å². The molecule has 1 aromatic carbocycles. The number of carbonyl (C=O) groups is 2. The highest BCUT2D eigenvalue weighted by Gasteiger charge is 2.29. The number of fused-ring (bicyclic) bond motifs is 1. The van der Waals surface area contributed by atoms with E-state index in [1.54, 1.807) is 19.1 Å². The Morgan fingerprint density at radius 1 is 1.36 bits per heavy atom. The third-order valence-electron chi connectivity index (χ3n) is 4.46. The van der Waals surface area contributed by atoms with Crippen molar-refractivity contribution in [1.82, 2.24) is 5.32 Å². The standard InChI is InChI=1S/C19H23NO5/c1-4-23-14-7-8-16-15(9-14)11(2)18(25-16)19(22)24-10-17(21)20-12(3)13-5-6-13/h7-9,12-13H,4-6,10H2,1-3H3,(H,20,21)/t12-/m1/s1. The lowest BCUT2D eigenvalue weighted by Crippen LogP contribution is -2.37. The lowest BCUT2D eigenvalue weighted by atomic mass is 10.1. The van der Waals surface area contributed by atoms with Crippen LogP contribution >= 0.6 is 0 Å². The van der Waals surface area contributed by atoms with E-state index in [2.05, 4.69) is 5.32 Å². The maximum Gasteiger partial charge on any atom is 0.375 e. The molecule has 1 aliphatic carbocycles. The van der Waals surface area contributed by atoms with Crippen molar-refractivity contribution in [3.8, 4) is 5.75 Å². The number of rotatable bonds is 7. The minimum Gasteiger partial charge on any atom is -0.494 e. The lowest BCUT2D eigenvalue weighted by Gasteiger charge is -2.12. The van der Waals surface area contributed by atoms with E-state index in [1.165, 1.54) is 0 Å². The van der Waals surface area contributed by atoms with Gasteiger partial charge in [-0.3, -0.25) is 4.79 Å². The molecule has 3 rings (SSSR count). The maximum atomic E-state index is 12.3. The molecular weight excluding hydrogens is 322 g/mol. The number of ether oxygens (including phenoxy) is 2. The molecule has 25 heavy (non-hydrogen) atoms. The number of aryl methyl sites for hydroxylation is 1. The number of esters is 1. The van der Waals surface area contributed by atoms with Gasteiger partial charge in [-0.2, -0.15) is 0 Å². The SMILES string of the molecule is CCOc1ccc2oc(C(=O)OCC(=O)N[C@H](C)C3CC3)c(C)c2c1. The van der Waals surface area contributed by atoms with E-state index < -0.39 is 5.97 Å². The average Bonchev–Trinajstić information content (AvgIpc) is 3.38. The second-order valence-corrected chi connectivity index (χ2v) is 6.42. The van der Waals surface area contributed by atoms with Gasteiger partial charge in [-0.1, -0.05) is 0 Å². The van der Waals surface area contributed by atoms with Crippen molar-refractivity contribution < 1.29 is 23.5 Å². The molecule has 0 spiro atoms. The topological polar surface area (TPSA) is 77.8 Å². The highest BCUT2D eigenvalue weighted by molar-refractivity contribution is 5.97. The number of carbonyl (C=O) groups excluding carboxylic acids is 2. The molecule has 1 fully saturated rings. The Morgan fingerprint density at radius 2 is 2.12 bits per heavy atom. The number of hydrogen-bond acceptors (Lipinski definition) is 5. The molecule has 1 aromatic heterocycles. The quantitative estimate of drug-likeness (QED) is 0.780. The molecule has 1 saturated carbocycles. The summed E-state index contributed by atoms with van der Waals surface area (Å²) in [6.07, 6.45) is 2.28. The molecule has 6 nitrogen and oxygen atoms in total. The van der Waals surface area contributed by atoms with Crippen LogP contribution in [0.2, 0.25) is 0 Å². The molecule has 134 valence electrons. The lowest BCUT2D eigenvalue weighted by molar-refractivity contribution is -0.125. The van der Waals surface area contributed by atoms with E-state index in [0.29, 0.717) is 29.4 Å². The Hall–Kier alpha value is -2.50. The fourth-order valence-electron chi connectivity index (χ4n) is 2.86. The Bertz CT molecular complexity index is 790. The first-order valence-electron chi connectivity index (χ1n) is 8.62. The van der Waals surface area contributed by atoms with Crippen molar-refractivity contribution in [2.75, 3.05) is 13.2 Å². The minimum atomic E-state index is -0.638. The predicted molar refractivity (Wildman–Crippen MR) is 92.7 cm³/mol. The van der Waals surface area contributed by atoms with E-state index in [-0.39, 0.29) is 24.3 Å². The molecule has 1 aliphatic rings. The molecular formula is C19H23NO5. The molecule has 0 bridgehead atoms. The van der Waals surface area contributed by atoms with E-state index in [0.717, 1.165) is 18.2 Å². The summed E-state index contributed by atoms with van der Waals surface area (Å²) in [7, 11) is 0. The Morgan fingerprint density at radius 3 is 2.80 bits per heavy atom. The monoisotopic (exact) mass is 345 g/mol. The van der Waals surface area contributed by atoms with Crippen molar-refractivity contribution in [1.29, 1.82) is 0 Å². The van der Waals surface area contributed by atoms with Crippen LogP contribution in [0.15, 0.2) is 22.6 Å². The minimum absolute atomic E-state index is 0.117. The van der Waals surface area contributed by atoms with Gasteiger partial charge in [0.15, 0.2) is 6.61 Å². The molecule has 2 aromatic rings. The third-order valence-corrected chi connectivity index (χ3v) is 4.46. The third kappa shape index (κ3) is 3.95. The first kappa shape index (κ1) is 17.3. The number of hydrogen-bond donors (Lipinski definition) is 1. The summed E-state index contributed by atoms with van der Waals surface area (Å²) < 4.78 is 16.2. The van der Waals surface area contributed by atoms with Crippen LogP contribution in [0, 0.1) is 12.8 Å². The van der Waals surface area contributed by atoms with Gasteiger partial charge in [-0.25, -0.2) is 4.79 Å². The molecule has 1 amide bonds. The normalized spacial score (nSPS) is 15.0. The van der Waals surface area contributed by atoms with Crippen LogP contribution < -0.4 is 10.1 Å². The largest absolute Gasteiger partial charge is 0.494 e. The van der Waals surface area contributed by atoms with Crippen LogP contribution in [-0.4, -0.2) is 31.1 Å². The Kier molecular flexibility index (Phi) is 4.97. The molecule has 1 atom stereocenters. The van der Waals surface area contributed by atoms with Gasteiger partial charge in [0.1, 0.15) is 11.3 Å². The summed E-state index contributed by atoms with van der Waals surface area (Å²) in [6.45, 7) is 5.91. The average molecular weight is 345 g/mol. The number of furan rings is 1. The number of nitrogens with one attached hydrogen (secondary N) is 1. The summed E-state index contributed by atoms with van der Waals surface area (Å²) in [6, 6.07) is 5.50. The summed E-state index contributed by atoms with van der Waals surface area (Å²) in [5, 5.41) is 3.64. The fraction of sp³-hybridized carbons (Fsp3) is 0.474. The molecule has 0 radical (unpaired) electrons. The first-order valence-corrected chi connectivity index (χ1v) is 8.62. The van der Waals surface area contributed by atoms with Crippen molar-refractivity contribution in [3.05, 3.63) is 29.5 Å². The molecule has 1 heterocycles. The fourth-order valence-corrected chi connectivity index (χ4v) is 2.86. The first-order chi connectivity index (χ1) is 12.0. The Balaban J connectivity index is 1.65. The van der Waals surface area contributed by atoms with Gasteiger partial charge < -0.3 is 19.2 Å². The second kappa shape index (κ2) is 7.17. The zero-order valence-electron chi connectivity index (χ0n) is 14.8. The van der Waals surface area contributed by atoms with Crippen molar-refractivity contribution in [2.45, 2.75) is 39.7 Å². The van der Waals surface area contributed by atoms with Gasteiger partial charge >= 0.3 is 5.97 Å². The smallest absolute Gasteiger partial charge is 0.375 e. The maximum absolute atomic E-state index is 12.3. The van der Waals surface area contributed by atoms with Crippen LogP contribution in [0.3, 0.4) is 0 Å². The summed E-state index contributed by atoms with van der Waals surface area (Å²) >= 11 is 0. The zero-order chi connectivity index (χ0) is 18.0. The van der Waals surface area contributed by atoms with Gasteiger partial charge in [0.25, 0.3) is 5.91 Å². The molecule has 1 N–H and O–H groups in total. The van der Waals surface area contributed by atoms with E-state index in [1.807, 2.05) is 19.9 Å². The van der Waals surface area contributed by atoms with Crippen LogP contribution in [-0.2, 0) is 9.53 Å². The Labute approximate surface area is 146 Å². The predicted octanol–water partition coefficient (Wildman–Crippen LogP) is 3.21. The highest BCUT2D eigenvalue weighted by Crippen LogP contribution is 2.32. The molecule has 0 unspecified atom stereocenters.